The number of amides is 2. The number of H-pyrrole nitrogens is 1. The van der Waals surface area contributed by atoms with E-state index >= 15 is 0 Å². The number of fused-ring (bicyclic) bond motifs is 1. The van der Waals surface area contributed by atoms with Crippen molar-refractivity contribution in [2.75, 3.05) is 6.54 Å². The number of carboxylic acid groups (broad SMARTS) is 1. The van der Waals surface area contributed by atoms with Gasteiger partial charge in [-0.2, -0.15) is 5.10 Å². The number of rotatable bonds is 11. The first-order valence-electron chi connectivity index (χ1n) is 11.7. The van der Waals surface area contributed by atoms with Gasteiger partial charge in [-0.3, -0.25) is 14.4 Å². The van der Waals surface area contributed by atoms with Gasteiger partial charge < -0.3 is 20.7 Å². The van der Waals surface area contributed by atoms with Gasteiger partial charge in [-0.15, -0.1) is 5.10 Å². The van der Waals surface area contributed by atoms with Crippen LogP contribution < -0.4 is 10.6 Å². The van der Waals surface area contributed by atoms with E-state index in [2.05, 4.69) is 25.8 Å². The highest BCUT2D eigenvalue weighted by molar-refractivity contribution is 8.15. The lowest BCUT2D eigenvalue weighted by molar-refractivity contribution is -0.137. The minimum atomic E-state index is -0.816. The summed E-state index contributed by atoms with van der Waals surface area (Å²) in [6.45, 7) is 0.455. The Bertz CT molecular complexity index is 1300. The minimum Gasteiger partial charge on any atom is -0.481 e. The SMILES string of the molecule is O=C(O)CCCCCNC(=O)CC1S/C(=N\N=C\c2c(-c3ccccc3)[nH]c3ccccc23)NC1=O. The maximum absolute atomic E-state index is 12.3. The van der Waals surface area contributed by atoms with Crippen LogP contribution in [0.1, 0.15) is 37.7 Å². The number of para-hydroxylation sites is 1. The van der Waals surface area contributed by atoms with E-state index in [-0.39, 0.29) is 24.7 Å². The lowest BCUT2D eigenvalue weighted by atomic mass is 10.1. The van der Waals surface area contributed by atoms with Crippen LogP contribution in [0.25, 0.3) is 22.2 Å². The van der Waals surface area contributed by atoms with Crippen LogP contribution in [0.4, 0.5) is 0 Å². The van der Waals surface area contributed by atoms with Gasteiger partial charge in [0.25, 0.3) is 0 Å². The summed E-state index contributed by atoms with van der Waals surface area (Å²) in [6, 6.07) is 17.9. The summed E-state index contributed by atoms with van der Waals surface area (Å²) in [5.74, 6) is -1.32. The molecule has 2 heterocycles. The van der Waals surface area contributed by atoms with Gasteiger partial charge in [-0.05, 0) is 24.5 Å². The van der Waals surface area contributed by atoms with E-state index in [1.54, 1.807) is 6.21 Å². The number of aliphatic carboxylic acids is 1. The number of carboxylic acids is 1. The molecular weight excluding hydrogens is 478 g/mol. The molecule has 1 atom stereocenters. The van der Waals surface area contributed by atoms with Crippen LogP contribution in [0.3, 0.4) is 0 Å². The Morgan fingerprint density at radius 2 is 1.83 bits per heavy atom. The molecule has 10 heteroatoms. The Hall–Kier alpha value is -3.92. The van der Waals surface area contributed by atoms with Crippen molar-refractivity contribution in [3.63, 3.8) is 0 Å². The number of benzene rings is 2. The highest BCUT2D eigenvalue weighted by Crippen LogP contribution is 2.29. The average Bonchev–Trinajstić information content (AvgIpc) is 3.41. The minimum absolute atomic E-state index is 0.0367. The van der Waals surface area contributed by atoms with Gasteiger partial charge in [0, 0.05) is 35.9 Å². The summed E-state index contributed by atoms with van der Waals surface area (Å²) in [7, 11) is 0. The molecule has 0 radical (unpaired) electrons. The summed E-state index contributed by atoms with van der Waals surface area (Å²) in [6.07, 6.45) is 3.84. The third kappa shape index (κ3) is 6.60. The zero-order valence-corrected chi connectivity index (χ0v) is 20.4. The number of nitrogens with zero attached hydrogens (tertiary/aromatic N) is 2. The third-order valence-corrected chi connectivity index (χ3v) is 6.75. The number of hydrogen-bond acceptors (Lipinski definition) is 6. The van der Waals surface area contributed by atoms with Crippen molar-refractivity contribution in [2.24, 2.45) is 10.2 Å². The smallest absolute Gasteiger partial charge is 0.303 e. The molecule has 0 bridgehead atoms. The number of carbonyl (C=O) groups excluding carboxylic acids is 2. The molecule has 1 saturated heterocycles. The topological polar surface area (TPSA) is 136 Å². The van der Waals surface area contributed by atoms with E-state index in [9.17, 15) is 14.4 Å². The predicted octanol–water partition coefficient (Wildman–Crippen LogP) is 3.91. The van der Waals surface area contributed by atoms with E-state index in [1.807, 2.05) is 54.6 Å². The van der Waals surface area contributed by atoms with E-state index in [0.717, 1.165) is 34.1 Å². The van der Waals surface area contributed by atoms with Gasteiger partial charge in [0.1, 0.15) is 5.25 Å². The number of hydrogen-bond donors (Lipinski definition) is 4. The second kappa shape index (κ2) is 12.2. The van der Waals surface area contributed by atoms with Gasteiger partial charge >= 0.3 is 5.97 Å². The lowest BCUT2D eigenvalue weighted by Crippen LogP contribution is -2.31. The molecule has 4 N–H and O–H groups in total. The van der Waals surface area contributed by atoms with Crippen molar-refractivity contribution in [3.05, 3.63) is 60.2 Å². The van der Waals surface area contributed by atoms with Crippen molar-refractivity contribution in [1.29, 1.82) is 0 Å². The molecule has 0 saturated carbocycles. The fraction of sp³-hybridized carbons (Fsp3) is 0.269. The van der Waals surface area contributed by atoms with Gasteiger partial charge in [0.05, 0.1) is 11.9 Å². The second-order valence-electron chi connectivity index (χ2n) is 8.33. The van der Waals surface area contributed by atoms with Crippen LogP contribution in [-0.4, -0.2) is 51.1 Å². The predicted molar refractivity (Wildman–Crippen MR) is 142 cm³/mol. The van der Waals surface area contributed by atoms with E-state index in [0.29, 0.717) is 24.6 Å². The number of thioether (sulfide) groups is 1. The van der Waals surface area contributed by atoms with Crippen LogP contribution in [0.15, 0.2) is 64.8 Å². The molecule has 2 amide bonds. The molecule has 36 heavy (non-hydrogen) atoms. The summed E-state index contributed by atoms with van der Waals surface area (Å²) in [5.41, 5.74) is 3.84. The van der Waals surface area contributed by atoms with Crippen molar-refractivity contribution in [2.45, 2.75) is 37.4 Å². The number of amidine groups is 1. The Morgan fingerprint density at radius 1 is 1.06 bits per heavy atom. The quantitative estimate of drug-likeness (QED) is 0.178. The Labute approximate surface area is 212 Å². The first kappa shape index (κ1) is 25.2. The largest absolute Gasteiger partial charge is 0.481 e. The monoisotopic (exact) mass is 505 g/mol. The van der Waals surface area contributed by atoms with Gasteiger partial charge in [0.2, 0.25) is 11.8 Å². The van der Waals surface area contributed by atoms with Gasteiger partial charge in [0.15, 0.2) is 5.17 Å². The standard InChI is InChI=1S/C26H27N5O4S/c32-22(27-14-8-2-5-13-23(33)34)15-21-25(35)30-26(36-21)31-28-16-19-18-11-6-7-12-20(18)29-24(19)17-9-3-1-4-10-17/h1,3-4,6-7,9-12,16,21,29H,2,5,8,13-15H2,(H,27,32)(H,33,34)(H,30,31,35)/b28-16+. The number of aromatic amines is 1. The van der Waals surface area contributed by atoms with Crippen LogP contribution in [0.5, 0.6) is 0 Å². The number of carbonyl (C=O) groups is 3. The molecule has 1 aliphatic rings. The van der Waals surface area contributed by atoms with Crippen molar-refractivity contribution >= 4 is 51.8 Å². The first-order chi connectivity index (χ1) is 17.5. The molecule has 1 aromatic heterocycles. The molecule has 1 aliphatic heterocycles. The molecular formula is C26H27N5O4S. The van der Waals surface area contributed by atoms with Crippen LogP contribution >= 0.6 is 11.8 Å². The zero-order valence-electron chi connectivity index (χ0n) is 19.6. The summed E-state index contributed by atoms with van der Waals surface area (Å²) in [4.78, 5) is 38.4. The van der Waals surface area contributed by atoms with Crippen molar-refractivity contribution in [1.82, 2.24) is 15.6 Å². The van der Waals surface area contributed by atoms with E-state index < -0.39 is 11.2 Å². The van der Waals surface area contributed by atoms with Crippen LogP contribution in [-0.2, 0) is 14.4 Å². The van der Waals surface area contributed by atoms with Crippen molar-refractivity contribution in [3.8, 4) is 11.3 Å². The molecule has 4 rings (SSSR count). The molecule has 1 unspecified atom stereocenters. The van der Waals surface area contributed by atoms with Crippen LogP contribution in [0.2, 0.25) is 0 Å². The van der Waals surface area contributed by atoms with E-state index in [1.165, 1.54) is 11.8 Å². The fourth-order valence-electron chi connectivity index (χ4n) is 3.90. The van der Waals surface area contributed by atoms with Crippen molar-refractivity contribution < 1.29 is 19.5 Å². The Balaban J connectivity index is 1.35. The first-order valence-corrected chi connectivity index (χ1v) is 12.6. The van der Waals surface area contributed by atoms with Gasteiger partial charge in [-0.1, -0.05) is 66.7 Å². The molecule has 0 aliphatic carbocycles. The highest BCUT2D eigenvalue weighted by atomic mass is 32.2. The Morgan fingerprint density at radius 3 is 2.64 bits per heavy atom. The number of nitrogens with one attached hydrogen (secondary N) is 3. The third-order valence-electron chi connectivity index (χ3n) is 5.68. The summed E-state index contributed by atoms with van der Waals surface area (Å²) >= 11 is 1.18. The number of aromatic nitrogens is 1. The average molecular weight is 506 g/mol. The summed E-state index contributed by atoms with van der Waals surface area (Å²) in [5, 5.41) is 23.3. The van der Waals surface area contributed by atoms with E-state index in [4.69, 9.17) is 5.11 Å². The van der Waals surface area contributed by atoms with Gasteiger partial charge in [-0.25, -0.2) is 0 Å². The zero-order chi connectivity index (χ0) is 25.3. The molecule has 9 nitrogen and oxygen atoms in total. The lowest BCUT2D eigenvalue weighted by Gasteiger charge is -2.07. The maximum atomic E-state index is 12.3. The second-order valence-corrected chi connectivity index (χ2v) is 9.52. The van der Waals surface area contributed by atoms with Crippen LogP contribution in [0, 0.1) is 0 Å². The maximum Gasteiger partial charge on any atom is 0.303 e. The molecule has 186 valence electrons. The molecule has 2 aromatic carbocycles. The molecule has 1 fully saturated rings. The normalized spacial score (nSPS) is 16.6. The highest BCUT2D eigenvalue weighted by Gasteiger charge is 2.32. The molecule has 0 spiro atoms. The number of unbranched alkanes of at least 4 members (excludes halogenated alkanes) is 2. The summed E-state index contributed by atoms with van der Waals surface area (Å²) < 4.78 is 0. The molecule has 3 aromatic rings. The fourth-order valence-corrected chi connectivity index (χ4v) is 4.83. The Kier molecular flexibility index (Phi) is 8.51.